The minimum absolute atomic E-state index is 0.944. The Morgan fingerprint density at radius 3 is 3.31 bits per heavy atom. The van der Waals surface area contributed by atoms with E-state index in [0.717, 1.165) is 16.7 Å². The molecule has 1 aromatic carbocycles. The summed E-state index contributed by atoms with van der Waals surface area (Å²) in [6.07, 6.45) is 3.74. The van der Waals surface area contributed by atoms with E-state index in [-0.39, 0.29) is 0 Å². The van der Waals surface area contributed by atoms with Crippen LogP contribution in [0, 0.1) is 0 Å². The molecule has 0 unspecified atom stereocenters. The van der Waals surface area contributed by atoms with Gasteiger partial charge in [-0.2, -0.15) is 5.10 Å². The number of rotatable bonds is 3. The van der Waals surface area contributed by atoms with Gasteiger partial charge in [0.15, 0.2) is 0 Å². The zero-order valence-corrected chi connectivity index (χ0v) is 7.97. The summed E-state index contributed by atoms with van der Waals surface area (Å²) in [7, 11) is 0. The van der Waals surface area contributed by atoms with Crippen molar-refractivity contribution < 1.29 is 0 Å². The molecule has 0 saturated heterocycles. The van der Waals surface area contributed by atoms with Gasteiger partial charge in [0, 0.05) is 16.0 Å². The van der Waals surface area contributed by atoms with Gasteiger partial charge < -0.3 is 0 Å². The molecular formula is C10H10N2S. The molecule has 0 saturated carbocycles. The highest BCUT2D eigenvalue weighted by Gasteiger charge is 1.96. The van der Waals surface area contributed by atoms with Crippen LogP contribution in [-0.2, 0) is 0 Å². The van der Waals surface area contributed by atoms with Gasteiger partial charge >= 0.3 is 0 Å². The quantitative estimate of drug-likeness (QED) is 0.595. The summed E-state index contributed by atoms with van der Waals surface area (Å²) >= 11 is 1.77. The van der Waals surface area contributed by atoms with E-state index in [1.807, 2.05) is 12.3 Å². The lowest BCUT2D eigenvalue weighted by molar-refractivity contribution is 1.12. The largest absolute Gasteiger partial charge is 0.278 e. The van der Waals surface area contributed by atoms with E-state index < -0.39 is 0 Å². The lowest BCUT2D eigenvalue weighted by Gasteiger charge is -1.97. The summed E-state index contributed by atoms with van der Waals surface area (Å²) in [5, 5.41) is 8.07. The van der Waals surface area contributed by atoms with E-state index in [0.29, 0.717) is 0 Å². The molecule has 3 heteroatoms. The number of H-pyrrole nitrogens is 1. The summed E-state index contributed by atoms with van der Waals surface area (Å²) in [6.45, 7) is 3.69. The first-order chi connectivity index (χ1) is 6.40. The van der Waals surface area contributed by atoms with Crippen molar-refractivity contribution in [3.8, 4) is 0 Å². The standard InChI is InChI=1S/C10H10N2S/c1-2-5-13-9-4-3-8-7-11-12-10(8)6-9/h2-4,6-7H,1,5H2,(H,11,12). The first kappa shape index (κ1) is 8.38. The Hall–Kier alpha value is -1.22. The fourth-order valence-corrected chi connectivity index (χ4v) is 1.84. The van der Waals surface area contributed by atoms with E-state index in [1.165, 1.54) is 4.90 Å². The molecule has 0 aliphatic rings. The first-order valence-corrected chi connectivity index (χ1v) is 5.05. The maximum atomic E-state index is 3.97. The Labute approximate surface area is 81.0 Å². The van der Waals surface area contributed by atoms with E-state index in [4.69, 9.17) is 0 Å². The fourth-order valence-electron chi connectivity index (χ4n) is 1.16. The smallest absolute Gasteiger partial charge is 0.0661 e. The zero-order valence-electron chi connectivity index (χ0n) is 7.16. The molecule has 0 spiro atoms. The van der Waals surface area contributed by atoms with Crippen molar-refractivity contribution in [1.82, 2.24) is 10.2 Å². The molecule has 0 fully saturated rings. The molecule has 0 aliphatic heterocycles. The maximum Gasteiger partial charge on any atom is 0.0661 e. The van der Waals surface area contributed by atoms with Crippen LogP contribution in [0.3, 0.4) is 0 Å². The zero-order chi connectivity index (χ0) is 9.10. The first-order valence-electron chi connectivity index (χ1n) is 4.07. The fraction of sp³-hybridized carbons (Fsp3) is 0.100. The molecule has 0 radical (unpaired) electrons. The van der Waals surface area contributed by atoms with Crippen molar-refractivity contribution in [3.05, 3.63) is 37.1 Å². The van der Waals surface area contributed by atoms with Crippen molar-refractivity contribution >= 4 is 22.7 Å². The average molecular weight is 190 g/mol. The summed E-state index contributed by atoms with van der Waals surface area (Å²) in [6, 6.07) is 6.28. The van der Waals surface area contributed by atoms with Crippen LogP contribution in [0.2, 0.25) is 0 Å². The molecule has 13 heavy (non-hydrogen) atoms. The third kappa shape index (κ3) is 1.75. The van der Waals surface area contributed by atoms with Crippen LogP contribution in [-0.4, -0.2) is 16.0 Å². The lowest BCUT2D eigenvalue weighted by atomic mass is 10.3. The number of hydrogen-bond donors (Lipinski definition) is 1. The topological polar surface area (TPSA) is 28.7 Å². The maximum absolute atomic E-state index is 3.97. The van der Waals surface area contributed by atoms with Crippen LogP contribution in [0.15, 0.2) is 41.9 Å². The molecule has 0 bridgehead atoms. The molecule has 2 nitrogen and oxygen atoms in total. The van der Waals surface area contributed by atoms with Crippen LogP contribution in [0.4, 0.5) is 0 Å². The normalized spacial score (nSPS) is 10.5. The van der Waals surface area contributed by atoms with E-state index in [9.17, 15) is 0 Å². The minimum atomic E-state index is 0.944. The van der Waals surface area contributed by atoms with Gasteiger partial charge in [-0.25, -0.2) is 0 Å². The number of fused-ring (bicyclic) bond motifs is 1. The van der Waals surface area contributed by atoms with Gasteiger partial charge in [-0.1, -0.05) is 12.1 Å². The molecule has 0 atom stereocenters. The average Bonchev–Trinajstić information content (AvgIpc) is 2.61. The number of benzene rings is 1. The Bertz CT molecular complexity index is 420. The molecule has 1 heterocycles. The summed E-state index contributed by atoms with van der Waals surface area (Å²) in [5.74, 6) is 0.944. The highest BCUT2D eigenvalue weighted by atomic mass is 32.2. The molecule has 1 N–H and O–H groups in total. The van der Waals surface area contributed by atoms with Crippen molar-refractivity contribution in [2.24, 2.45) is 0 Å². The number of nitrogens with one attached hydrogen (secondary N) is 1. The van der Waals surface area contributed by atoms with Gasteiger partial charge in [0.2, 0.25) is 0 Å². The second kappa shape index (κ2) is 3.66. The lowest BCUT2D eigenvalue weighted by Crippen LogP contribution is -1.74. The number of thioether (sulfide) groups is 1. The highest BCUT2D eigenvalue weighted by molar-refractivity contribution is 7.99. The van der Waals surface area contributed by atoms with E-state index in [1.54, 1.807) is 11.8 Å². The van der Waals surface area contributed by atoms with E-state index in [2.05, 4.69) is 35.0 Å². The van der Waals surface area contributed by atoms with Crippen molar-refractivity contribution in [1.29, 1.82) is 0 Å². The summed E-state index contributed by atoms with van der Waals surface area (Å²) < 4.78 is 0. The summed E-state index contributed by atoms with van der Waals surface area (Å²) in [5.41, 5.74) is 1.09. The van der Waals surface area contributed by atoms with Crippen molar-refractivity contribution in [2.45, 2.75) is 4.90 Å². The van der Waals surface area contributed by atoms with Gasteiger partial charge in [0.25, 0.3) is 0 Å². The SMILES string of the molecule is C=CCSc1ccc2cn[nH]c2c1. The third-order valence-corrected chi connectivity index (χ3v) is 2.77. The molecule has 2 aromatic rings. The molecule has 2 rings (SSSR count). The van der Waals surface area contributed by atoms with Gasteiger partial charge in [-0.3, -0.25) is 5.10 Å². The predicted molar refractivity (Wildman–Crippen MR) is 57.0 cm³/mol. The van der Waals surface area contributed by atoms with E-state index >= 15 is 0 Å². The van der Waals surface area contributed by atoms with Gasteiger partial charge in [0.05, 0.1) is 11.7 Å². The molecule has 0 amide bonds. The Morgan fingerprint density at radius 2 is 2.46 bits per heavy atom. The van der Waals surface area contributed by atoms with Gasteiger partial charge in [-0.15, -0.1) is 18.3 Å². The molecule has 66 valence electrons. The predicted octanol–water partition coefficient (Wildman–Crippen LogP) is 2.84. The minimum Gasteiger partial charge on any atom is -0.278 e. The van der Waals surface area contributed by atoms with Crippen LogP contribution in [0.25, 0.3) is 10.9 Å². The number of aromatic nitrogens is 2. The van der Waals surface area contributed by atoms with Crippen molar-refractivity contribution in [2.75, 3.05) is 5.75 Å². The monoisotopic (exact) mass is 190 g/mol. The summed E-state index contributed by atoms with van der Waals surface area (Å²) in [4.78, 5) is 1.25. The second-order valence-corrected chi connectivity index (χ2v) is 3.81. The molecule has 1 aromatic heterocycles. The van der Waals surface area contributed by atoms with Gasteiger partial charge in [0.1, 0.15) is 0 Å². The Balaban J connectivity index is 2.31. The van der Waals surface area contributed by atoms with Crippen LogP contribution >= 0.6 is 11.8 Å². The van der Waals surface area contributed by atoms with Crippen LogP contribution in [0.1, 0.15) is 0 Å². The highest BCUT2D eigenvalue weighted by Crippen LogP contribution is 2.21. The number of nitrogens with zero attached hydrogens (tertiary/aromatic N) is 1. The third-order valence-electron chi connectivity index (χ3n) is 1.78. The van der Waals surface area contributed by atoms with Crippen molar-refractivity contribution in [3.63, 3.8) is 0 Å². The van der Waals surface area contributed by atoms with Crippen LogP contribution in [0.5, 0.6) is 0 Å². The Kier molecular flexibility index (Phi) is 2.36. The molecular weight excluding hydrogens is 180 g/mol. The van der Waals surface area contributed by atoms with Gasteiger partial charge in [-0.05, 0) is 12.1 Å². The second-order valence-electron chi connectivity index (χ2n) is 2.72. The molecule has 0 aliphatic carbocycles. The number of aromatic amines is 1. The Morgan fingerprint density at radius 1 is 1.54 bits per heavy atom. The van der Waals surface area contributed by atoms with Crippen LogP contribution < -0.4 is 0 Å². The number of hydrogen-bond acceptors (Lipinski definition) is 2.